The van der Waals surface area contributed by atoms with E-state index in [4.69, 9.17) is 4.74 Å². The Kier molecular flexibility index (Phi) is 7.20. The van der Waals surface area contributed by atoms with E-state index in [0.717, 1.165) is 5.56 Å². The molecule has 0 aliphatic heterocycles. The van der Waals surface area contributed by atoms with Gasteiger partial charge in [-0.25, -0.2) is 9.78 Å². The number of hydrogen-bond donors (Lipinski definition) is 2. The number of hydrogen-bond acceptors (Lipinski definition) is 6. The highest BCUT2D eigenvalue weighted by Crippen LogP contribution is 2.19. The van der Waals surface area contributed by atoms with Crippen molar-refractivity contribution in [2.75, 3.05) is 12.9 Å². The van der Waals surface area contributed by atoms with Crippen molar-refractivity contribution >= 4 is 23.6 Å². The molecule has 1 aromatic carbocycles. The molecule has 0 fully saturated rings. The largest absolute Gasteiger partial charge is 0.467 e. The number of H-pyrrole nitrogens is 1. The van der Waals surface area contributed by atoms with E-state index in [2.05, 4.69) is 20.5 Å². The van der Waals surface area contributed by atoms with Gasteiger partial charge in [0.05, 0.1) is 12.9 Å². The number of aromatic amines is 1. The minimum atomic E-state index is -0.636. The molecule has 2 rings (SSSR count). The van der Waals surface area contributed by atoms with Crippen molar-refractivity contribution in [2.45, 2.75) is 38.4 Å². The average molecular weight is 376 g/mol. The van der Waals surface area contributed by atoms with Gasteiger partial charge in [0.15, 0.2) is 5.82 Å². The summed E-state index contributed by atoms with van der Waals surface area (Å²) in [5.74, 6) is 0.346. The molecule has 0 saturated carbocycles. The highest BCUT2D eigenvalue weighted by Gasteiger charge is 2.22. The molecular weight excluding hydrogens is 352 g/mol. The fraction of sp³-hybridized carbons (Fsp3) is 0.444. The average Bonchev–Trinajstić information content (AvgIpc) is 3.08. The van der Waals surface area contributed by atoms with Crippen LogP contribution in [0.5, 0.6) is 0 Å². The fourth-order valence-electron chi connectivity index (χ4n) is 2.35. The first-order valence-corrected chi connectivity index (χ1v) is 9.37. The van der Waals surface area contributed by atoms with Crippen LogP contribution in [0.2, 0.25) is 0 Å². The van der Waals surface area contributed by atoms with Gasteiger partial charge >= 0.3 is 5.97 Å². The van der Waals surface area contributed by atoms with Gasteiger partial charge in [0, 0.05) is 5.56 Å². The van der Waals surface area contributed by atoms with Crippen LogP contribution < -0.4 is 5.32 Å². The van der Waals surface area contributed by atoms with Crippen LogP contribution >= 0.6 is 11.8 Å². The Labute approximate surface area is 157 Å². The van der Waals surface area contributed by atoms with E-state index in [1.54, 1.807) is 0 Å². The number of amides is 1. The molecule has 0 aliphatic rings. The minimum absolute atomic E-state index is 0.122. The number of rotatable bonds is 8. The van der Waals surface area contributed by atoms with Gasteiger partial charge in [-0.3, -0.25) is 9.89 Å². The van der Waals surface area contributed by atoms with Crippen LogP contribution in [-0.4, -0.2) is 46.0 Å². The molecule has 1 amide bonds. The van der Waals surface area contributed by atoms with Crippen LogP contribution in [0.15, 0.2) is 29.4 Å². The lowest BCUT2D eigenvalue weighted by Gasteiger charge is -2.17. The Morgan fingerprint density at radius 3 is 2.58 bits per heavy atom. The summed E-state index contributed by atoms with van der Waals surface area (Å²) in [6.07, 6.45) is 0.529. The summed E-state index contributed by atoms with van der Waals surface area (Å²) in [6.45, 7) is 5.99. The van der Waals surface area contributed by atoms with Crippen molar-refractivity contribution in [3.05, 3.63) is 29.8 Å². The second-order valence-electron chi connectivity index (χ2n) is 6.39. The quantitative estimate of drug-likeness (QED) is 0.543. The Hall–Kier alpha value is -2.35. The van der Waals surface area contributed by atoms with Crippen LogP contribution in [-0.2, 0) is 14.3 Å². The molecular formula is C18H24N4O3S. The van der Waals surface area contributed by atoms with E-state index in [-0.39, 0.29) is 17.6 Å². The summed E-state index contributed by atoms with van der Waals surface area (Å²) in [5, 5.41) is 10.2. The van der Waals surface area contributed by atoms with E-state index in [0.29, 0.717) is 17.4 Å². The van der Waals surface area contributed by atoms with Gasteiger partial charge in [0.1, 0.15) is 6.04 Å². The number of methoxy groups -OCH3 is 1. The molecule has 1 atom stereocenters. The SMILES string of the molecule is COC(=O)[C@@H](CC(C)C)NC(=O)CSc1n[nH]c(-c2ccc(C)cc2)n1. The summed E-state index contributed by atoms with van der Waals surface area (Å²) in [7, 11) is 1.32. The third-order valence-electron chi connectivity index (χ3n) is 3.65. The maximum Gasteiger partial charge on any atom is 0.328 e. The predicted octanol–water partition coefficient (Wildman–Crippen LogP) is 2.58. The monoisotopic (exact) mass is 376 g/mol. The molecule has 8 heteroatoms. The maximum atomic E-state index is 12.1. The standard InChI is InChI=1S/C18H24N4O3S/c1-11(2)9-14(17(24)25-4)19-15(23)10-26-18-20-16(21-22-18)13-7-5-12(3)6-8-13/h5-8,11,14H,9-10H2,1-4H3,(H,19,23)(H,20,21,22)/t14-/m1/s1. The van der Waals surface area contributed by atoms with Crippen molar-refractivity contribution in [1.82, 2.24) is 20.5 Å². The Morgan fingerprint density at radius 1 is 1.27 bits per heavy atom. The molecule has 1 aromatic heterocycles. The first-order valence-electron chi connectivity index (χ1n) is 8.38. The van der Waals surface area contributed by atoms with E-state index in [1.807, 2.05) is 45.0 Å². The van der Waals surface area contributed by atoms with Crippen LogP contribution in [0.1, 0.15) is 25.8 Å². The highest BCUT2D eigenvalue weighted by molar-refractivity contribution is 7.99. The molecule has 140 valence electrons. The Balaban J connectivity index is 1.90. The van der Waals surface area contributed by atoms with E-state index < -0.39 is 12.0 Å². The van der Waals surface area contributed by atoms with E-state index in [1.165, 1.54) is 24.4 Å². The molecule has 1 heterocycles. The number of nitrogens with one attached hydrogen (secondary N) is 2. The second-order valence-corrected chi connectivity index (χ2v) is 7.34. The molecule has 26 heavy (non-hydrogen) atoms. The number of aromatic nitrogens is 3. The molecule has 0 radical (unpaired) electrons. The summed E-state index contributed by atoms with van der Waals surface area (Å²) >= 11 is 1.21. The van der Waals surface area contributed by atoms with Crippen molar-refractivity contribution in [2.24, 2.45) is 5.92 Å². The highest BCUT2D eigenvalue weighted by atomic mass is 32.2. The number of carbonyl (C=O) groups excluding carboxylic acids is 2. The summed E-state index contributed by atoms with van der Waals surface area (Å²) < 4.78 is 4.75. The number of ether oxygens (including phenoxy) is 1. The molecule has 0 aliphatic carbocycles. The van der Waals surface area contributed by atoms with Crippen molar-refractivity contribution in [3.63, 3.8) is 0 Å². The van der Waals surface area contributed by atoms with Crippen LogP contribution in [0.4, 0.5) is 0 Å². The van der Waals surface area contributed by atoms with Gasteiger partial charge in [-0.1, -0.05) is 55.4 Å². The van der Waals surface area contributed by atoms with E-state index in [9.17, 15) is 9.59 Å². The Morgan fingerprint density at radius 2 is 1.96 bits per heavy atom. The number of carbonyl (C=O) groups is 2. The van der Waals surface area contributed by atoms with Crippen LogP contribution in [0.25, 0.3) is 11.4 Å². The Bertz CT molecular complexity index is 743. The van der Waals surface area contributed by atoms with Gasteiger partial charge in [-0.05, 0) is 19.3 Å². The molecule has 0 bridgehead atoms. The molecule has 2 N–H and O–H groups in total. The van der Waals surface area contributed by atoms with Crippen molar-refractivity contribution in [3.8, 4) is 11.4 Å². The van der Waals surface area contributed by atoms with Crippen molar-refractivity contribution in [1.29, 1.82) is 0 Å². The fourth-order valence-corrected chi connectivity index (χ4v) is 2.95. The number of aryl methyl sites for hydroxylation is 1. The molecule has 2 aromatic rings. The predicted molar refractivity (Wildman–Crippen MR) is 101 cm³/mol. The molecule has 0 saturated heterocycles. The summed E-state index contributed by atoms with van der Waals surface area (Å²) in [6, 6.07) is 7.29. The van der Waals surface area contributed by atoms with E-state index >= 15 is 0 Å². The topological polar surface area (TPSA) is 97.0 Å². The number of nitrogens with zero attached hydrogens (tertiary/aromatic N) is 2. The zero-order valence-corrected chi connectivity index (χ0v) is 16.2. The number of esters is 1. The normalized spacial score (nSPS) is 12.0. The third kappa shape index (κ3) is 5.87. The smallest absolute Gasteiger partial charge is 0.328 e. The lowest BCUT2D eigenvalue weighted by molar-refractivity contribution is -0.145. The number of benzene rings is 1. The molecule has 0 spiro atoms. The zero-order valence-electron chi connectivity index (χ0n) is 15.4. The van der Waals surface area contributed by atoms with Crippen LogP contribution in [0.3, 0.4) is 0 Å². The zero-order chi connectivity index (χ0) is 19.1. The van der Waals surface area contributed by atoms with Gasteiger partial charge in [0.25, 0.3) is 0 Å². The lowest BCUT2D eigenvalue weighted by atomic mass is 10.0. The molecule has 7 nitrogen and oxygen atoms in total. The third-order valence-corrected chi connectivity index (χ3v) is 4.50. The van der Waals surface area contributed by atoms with Gasteiger partial charge < -0.3 is 10.1 Å². The first kappa shape index (κ1) is 20.0. The summed E-state index contributed by atoms with van der Waals surface area (Å²) in [5.41, 5.74) is 2.10. The van der Waals surface area contributed by atoms with Gasteiger partial charge in [-0.15, -0.1) is 5.10 Å². The molecule has 0 unspecified atom stereocenters. The first-order chi connectivity index (χ1) is 12.4. The second kappa shape index (κ2) is 9.38. The van der Waals surface area contributed by atoms with Crippen molar-refractivity contribution < 1.29 is 14.3 Å². The van der Waals surface area contributed by atoms with Gasteiger partial charge in [-0.2, -0.15) is 0 Å². The lowest BCUT2D eigenvalue weighted by Crippen LogP contribution is -2.43. The minimum Gasteiger partial charge on any atom is -0.467 e. The van der Waals surface area contributed by atoms with Gasteiger partial charge in [0.2, 0.25) is 11.1 Å². The number of thioether (sulfide) groups is 1. The van der Waals surface area contributed by atoms with Crippen LogP contribution in [0, 0.1) is 12.8 Å². The maximum absolute atomic E-state index is 12.1. The summed E-state index contributed by atoms with van der Waals surface area (Å²) in [4.78, 5) is 28.3.